The molecule has 4 aromatic rings. The Labute approximate surface area is 190 Å². The van der Waals surface area contributed by atoms with Crippen LogP contribution in [0, 0.1) is 0 Å². The summed E-state index contributed by atoms with van der Waals surface area (Å²) in [7, 11) is 0. The van der Waals surface area contributed by atoms with E-state index in [-0.39, 0.29) is 6.04 Å². The van der Waals surface area contributed by atoms with Gasteiger partial charge in [0, 0.05) is 22.5 Å². The average molecular weight is 438 g/mol. The van der Waals surface area contributed by atoms with Gasteiger partial charge in [-0.3, -0.25) is 5.10 Å². The number of aromatic amines is 1. The maximum absolute atomic E-state index is 12.8. The molecule has 5 rings (SSSR count). The van der Waals surface area contributed by atoms with Crippen molar-refractivity contribution in [1.29, 1.82) is 0 Å². The molecule has 0 radical (unpaired) electrons. The van der Waals surface area contributed by atoms with Crippen LogP contribution in [0.4, 0.5) is 21.0 Å². The molecule has 1 aliphatic heterocycles. The minimum Gasteiger partial charge on any atom is -0.399 e. The second-order valence-corrected chi connectivity index (χ2v) is 7.92. The number of allylic oxidation sites excluding steroid dienone is 1. The second kappa shape index (κ2) is 8.16. The molecule has 0 aliphatic carbocycles. The third-order valence-corrected chi connectivity index (χ3v) is 5.63. The Bertz CT molecular complexity index is 1390. The highest BCUT2D eigenvalue weighted by Gasteiger charge is 2.30. The number of nitrogen functional groups attached to an aromatic ring is 1. The van der Waals surface area contributed by atoms with Gasteiger partial charge in [-0.2, -0.15) is 5.10 Å². The summed E-state index contributed by atoms with van der Waals surface area (Å²) < 4.78 is 0. The normalized spacial score (nSPS) is 15.8. The van der Waals surface area contributed by atoms with E-state index in [0.29, 0.717) is 17.1 Å². The van der Waals surface area contributed by atoms with Crippen LogP contribution in [0.15, 0.2) is 84.7 Å². The quantitative estimate of drug-likeness (QED) is 0.336. The Hall–Kier alpha value is -4.59. The van der Waals surface area contributed by atoms with Crippen LogP contribution in [0.25, 0.3) is 22.0 Å². The van der Waals surface area contributed by atoms with Crippen LogP contribution in [0.2, 0.25) is 0 Å². The molecule has 164 valence electrons. The predicted molar refractivity (Wildman–Crippen MR) is 128 cm³/mol. The Morgan fingerprint density at radius 2 is 1.88 bits per heavy atom. The molecule has 8 heteroatoms. The topological polar surface area (TPSA) is 116 Å². The van der Waals surface area contributed by atoms with Crippen LogP contribution in [0.1, 0.15) is 18.5 Å². The van der Waals surface area contributed by atoms with Crippen molar-refractivity contribution in [2.45, 2.75) is 13.0 Å². The molecule has 0 bridgehead atoms. The molecule has 0 spiro atoms. The Balaban J connectivity index is 1.32. The summed E-state index contributed by atoms with van der Waals surface area (Å²) in [5.74, 6) is 0. The summed E-state index contributed by atoms with van der Waals surface area (Å²) in [6.45, 7) is 1.74. The summed E-state index contributed by atoms with van der Waals surface area (Å²) in [6, 6.07) is 19.6. The summed E-state index contributed by atoms with van der Waals surface area (Å²) in [5.41, 5.74) is 11.6. The minimum atomic E-state index is -0.528. The number of carbonyl (C=O) groups is 2. The van der Waals surface area contributed by atoms with Crippen molar-refractivity contribution in [3.8, 4) is 11.1 Å². The zero-order valence-corrected chi connectivity index (χ0v) is 17.9. The van der Waals surface area contributed by atoms with Crippen molar-refractivity contribution in [2.75, 3.05) is 11.1 Å². The molecule has 1 aromatic heterocycles. The van der Waals surface area contributed by atoms with Crippen LogP contribution in [-0.2, 0) is 0 Å². The van der Waals surface area contributed by atoms with Gasteiger partial charge in [0.25, 0.3) is 0 Å². The fourth-order valence-corrected chi connectivity index (χ4v) is 3.95. The van der Waals surface area contributed by atoms with E-state index in [1.165, 1.54) is 0 Å². The number of H-pyrrole nitrogens is 1. The molecular weight excluding hydrogens is 416 g/mol. The smallest absolute Gasteiger partial charge is 0.334 e. The predicted octanol–water partition coefficient (Wildman–Crippen LogP) is 5.01. The zero-order chi connectivity index (χ0) is 22.9. The first-order chi connectivity index (χ1) is 16.0. The van der Waals surface area contributed by atoms with Gasteiger partial charge in [0.2, 0.25) is 0 Å². The molecule has 3 aromatic carbocycles. The molecule has 8 nitrogen and oxygen atoms in total. The standard InChI is InChI=1S/C25H22N6O2/c1-15-11-23(17-7-5-16(6-8-17)18-3-2-4-20(26)12-18)29-25(33)31(15)24(32)28-21-9-10-22-19(13-21)14-27-30-22/h2-14,23H,26H2,1H3,(H,27,30)(H,28,32)(H,29,33). The Morgan fingerprint density at radius 3 is 2.64 bits per heavy atom. The molecule has 1 atom stereocenters. The monoisotopic (exact) mass is 438 g/mol. The summed E-state index contributed by atoms with van der Waals surface area (Å²) in [4.78, 5) is 26.7. The highest BCUT2D eigenvalue weighted by Crippen LogP contribution is 2.27. The van der Waals surface area contributed by atoms with E-state index in [4.69, 9.17) is 5.73 Å². The molecule has 1 unspecified atom stereocenters. The van der Waals surface area contributed by atoms with Gasteiger partial charge in [0.05, 0.1) is 17.8 Å². The van der Waals surface area contributed by atoms with Crippen molar-refractivity contribution in [3.05, 3.63) is 90.3 Å². The number of aromatic nitrogens is 2. The number of nitrogens with zero attached hydrogens (tertiary/aromatic N) is 2. The van der Waals surface area contributed by atoms with E-state index < -0.39 is 12.1 Å². The number of hydrogen-bond acceptors (Lipinski definition) is 4. The lowest BCUT2D eigenvalue weighted by Crippen LogP contribution is -2.48. The third kappa shape index (κ3) is 4.01. The van der Waals surface area contributed by atoms with Crippen LogP contribution in [0.3, 0.4) is 0 Å². The van der Waals surface area contributed by atoms with Gasteiger partial charge in [-0.25, -0.2) is 14.5 Å². The number of rotatable bonds is 3. The van der Waals surface area contributed by atoms with Crippen molar-refractivity contribution in [2.24, 2.45) is 0 Å². The van der Waals surface area contributed by atoms with Crippen molar-refractivity contribution < 1.29 is 9.59 Å². The number of benzene rings is 3. The number of hydrogen-bond donors (Lipinski definition) is 4. The van der Waals surface area contributed by atoms with Gasteiger partial charge in [-0.15, -0.1) is 0 Å². The minimum absolute atomic E-state index is 0.335. The Morgan fingerprint density at radius 1 is 1.06 bits per heavy atom. The summed E-state index contributed by atoms with van der Waals surface area (Å²) in [6.07, 6.45) is 3.53. The SMILES string of the molecule is CC1=CC(c2ccc(-c3cccc(N)c3)cc2)NC(=O)N1C(=O)Nc1ccc2[nH]ncc2c1. The number of anilines is 2. The number of fused-ring (bicyclic) bond motifs is 1. The highest BCUT2D eigenvalue weighted by atomic mass is 16.2. The number of amides is 4. The van der Waals surface area contributed by atoms with E-state index in [2.05, 4.69) is 20.8 Å². The van der Waals surface area contributed by atoms with E-state index in [1.807, 2.05) is 60.7 Å². The maximum Gasteiger partial charge on any atom is 0.334 e. The molecule has 5 N–H and O–H groups in total. The van der Waals surface area contributed by atoms with Crippen LogP contribution in [0.5, 0.6) is 0 Å². The largest absolute Gasteiger partial charge is 0.399 e. The fraction of sp³-hybridized carbons (Fsp3) is 0.0800. The zero-order valence-electron chi connectivity index (χ0n) is 17.9. The van der Waals surface area contributed by atoms with Crippen molar-refractivity contribution in [3.63, 3.8) is 0 Å². The lowest BCUT2D eigenvalue weighted by Gasteiger charge is -2.30. The first-order valence-electron chi connectivity index (χ1n) is 10.5. The molecule has 33 heavy (non-hydrogen) atoms. The Kier molecular flexibility index (Phi) is 5.02. The number of imide groups is 1. The lowest BCUT2D eigenvalue weighted by atomic mass is 9.99. The highest BCUT2D eigenvalue weighted by molar-refractivity contribution is 6.03. The van der Waals surface area contributed by atoms with Gasteiger partial charge in [-0.05, 0) is 60.0 Å². The molecule has 2 heterocycles. The lowest BCUT2D eigenvalue weighted by molar-refractivity contribution is 0.199. The first-order valence-corrected chi connectivity index (χ1v) is 10.5. The van der Waals surface area contributed by atoms with Crippen molar-refractivity contribution in [1.82, 2.24) is 20.4 Å². The molecule has 0 saturated heterocycles. The molecule has 1 aliphatic rings. The van der Waals surface area contributed by atoms with Gasteiger partial charge in [0.1, 0.15) is 0 Å². The first kappa shape index (κ1) is 20.3. The van der Waals surface area contributed by atoms with Crippen LogP contribution >= 0.6 is 0 Å². The summed E-state index contributed by atoms with van der Waals surface area (Å²) >= 11 is 0. The molecule has 4 amide bonds. The molecular formula is C25H22N6O2. The van der Waals surface area contributed by atoms with Gasteiger partial charge >= 0.3 is 12.1 Å². The average Bonchev–Trinajstić information content (AvgIpc) is 3.26. The maximum atomic E-state index is 12.8. The van der Waals surface area contributed by atoms with Crippen molar-refractivity contribution >= 4 is 34.3 Å². The van der Waals surface area contributed by atoms with E-state index >= 15 is 0 Å². The summed E-state index contributed by atoms with van der Waals surface area (Å²) in [5, 5.41) is 13.4. The van der Waals surface area contributed by atoms with E-state index in [1.54, 1.807) is 25.3 Å². The van der Waals surface area contributed by atoms with E-state index in [0.717, 1.165) is 32.5 Å². The van der Waals surface area contributed by atoms with Gasteiger partial charge < -0.3 is 16.4 Å². The van der Waals surface area contributed by atoms with Crippen LogP contribution in [-0.4, -0.2) is 27.2 Å². The van der Waals surface area contributed by atoms with Crippen LogP contribution < -0.4 is 16.4 Å². The number of carbonyl (C=O) groups excluding carboxylic acids is 2. The molecule has 0 fully saturated rings. The number of nitrogens with one attached hydrogen (secondary N) is 3. The second-order valence-electron chi connectivity index (χ2n) is 7.92. The van der Waals surface area contributed by atoms with E-state index in [9.17, 15) is 9.59 Å². The fourth-order valence-electron chi connectivity index (χ4n) is 3.95. The third-order valence-electron chi connectivity index (χ3n) is 5.63. The number of urea groups is 2. The van der Waals surface area contributed by atoms with Gasteiger partial charge in [-0.1, -0.05) is 36.4 Å². The van der Waals surface area contributed by atoms with Gasteiger partial charge in [0.15, 0.2) is 0 Å². The molecule has 0 saturated carbocycles. The number of nitrogens with two attached hydrogens (primary N) is 1.